The van der Waals surface area contributed by atoms with Crippen LogP contribution in [0.5, 0.6) is 0 Å². The highest BCUT2D eigenvalue weighted by Crippen LogP contribution is 2.43. The number of likely N-dealkylation sites (N-methyl/N-ethyl adjacent to an activating group) is 1. The highest BCUT2D eigenvalue weighted by atomic mass is 31.2. The van der Waals surface area contributed by atoms with Gasteiger partial charge in [0.25, 0.3) is 0 Å². The Bertz CT molecular complexity index is 2100. The van der Waals surface area contributed by atoms with Gasteiger partial charge in [-0.25, -0.2) is 4.57 Å². The van der Waals surface area contributed by atoms with E-state index in [9.17, 15) is 19.0 Å². The molecule has 1 N–H and O–H groups in total. The van der Waals surface area contributed by atoms with Crippen molar-refractivity contribution < 1.29 is 42.1 Å². The molecular weight excluding hydrogens is 1180 g/mol. The Kier molecular flexibility index (Phi) is 69.9. The molecule has 0 rings (SSSR count). The zero-order valence-corrected chi connectivity index (χ0v) is 62.3. The summed E-state index contributed by atoms with van der Waals surface area (Å²) in [4.78, 5) is 36.0. The highest BCUT2D eigenvalue weighted by Gasteiger charge is 2.27. The smallest absolute Gasteiger partial charge is 0.462 e. The number of rotatable bonds is 70. The molecule has 0 heterocycles. The van der Waals surface area contributed by atoms with Crippen LogP contribution >= 0.6 is 7.82 Å². The van der Waals surface area contributed by atoms with Crippen molar-refractivity contribution in [2.75, 3.05) is 47.5 Å². The maximum atomic E-state index is 12.9. The number of carbonyl (C=O) groups excluding carboxylic acids is 2. The van der Waals surface area contributed by atoms with Gasteiger partial charge < -0.3 is 18.9 Å². The number of nitrogens with zero attached hydrogens (tertiary/aromatic N) is 1. The van der Waals surface area contributed by atoms with Crippen LogP contribution in [-0.2, 0) is 32.7 Å². The first-order chi connectivity index (χ1) is 46.0. The van der Waals surface area contributed by atoms with Crippen molar-refractivity contribution in [2.45, 2.75) is 328 Å². The summed E-state index contributed by atoms with van der Waals surface area (Å²) in [6.45, 7) is 4.22. The maximum absolute atomic E-state index is 12.9. The molecule has 0 amide bonds. The van der Waals surface area contributed by atoms with Gasteiger partial charge in [0.05, 0.1) is 27.7 Å². The summed E-state index contributed by atoms with van der Waals surface area (Å²) in [7, 11) is 1.47. The van der Waals surface area contributed by atoms with Crippen molar-refractivity contribution in [1.82, 2.24) is 0 Å². The van der Waals surface area contributed by atoms with Crippen LogP contribution in [0.2, 0.25) is 0 Å². The SMILES string of the molecule is CC/C=C\C/C=C\C/C=C\C/C=C\C/C=C\C/C=C\CCCCCCCCCCCCCCCCCCCCCCCCC(=O)OC(COC(=O)CCCCCCCCCCCC/C=C\C/C=C\C/C=C\C/C=C\C/C=C\C/C=C\CC)COP(=O)(O)OCC[N+](C)(C)C. The van der Waals surface area contributed by atoms with Gasteiger partial charge in [0.15, 0.2) is 6.10 Å². The molecule has 0 aliphatic heterocycles. The number of phosphoric ester groups is 1. The van der Waals surface area contributed by atoms with E-state index in [4.69, 9.17) is 18.5 Å². The Hall–Kier alpha value is -4.11. The van der Waals surface area contributed by atoms with E-state index >= 15 is 0 Å². The van der Waals surface area contributed by atoms with E-state index in [0.29, 0.717) is 17.4 Å². The lowest BCUT2D eigenvalue weighted by molar-refractivity contribution is -0.870. The Balaban J connectivity index is 3.98. The second-order valence-electron chi connectivity index (χ2n) is 26.6. The van der Waals surface area contributed by atoms with Gasteiger partial charge in [0, 0.05) is 12.8 Å². The summed E-state index contributed by atoms with van der Waals surface area (Å²) in [6.07, 6.45) is 108. The first kappa shape index (κ1) is 89.9. The van der Waals surface area contributed by atoms with Crippen molar-refractivity contribution in [3.8, 4) is 0 Å². The van der Waals surface area contributed by atoms with Gasteiger partial charge in [-0.1, -0.05) is 339 Å². The number of unbranched alkanes of at least 4 members (excludes halogenated alkanes) is 32. The molecule has 0 saturated heterocycles. The van der Waals surface area contributed by atoms with Gasteiger partial charge in [-0.15, -0.1) is 0 Å². The van der Waals surface area contributed by atoms with Crippen LogP contribution < -0.4 is 0 Å². The number of quaternary nitrogens is 1. The number of hydrogen-bond donors (Lipinski definition) is 1. The second kappa shape index (κ2) is 73.1. The number of allylic oxidation sites excluding steroid dienone is 24. The molecule has 0 radical (unpaired) electrons. The summed E-state index contributed by atoms with van der Waals surface area (Å²) in [5.74, 6) is -0.797. The number of ether oxygens (including phenoxy) is 2. The number of hydrogen-bond acceptors (Lipinski definition) is 7. The third kappa shape index (κ3) is 76.9. The van der Waals surface area contributed by atoms with Crippen molar-refractivity contribution in [3.63, 3.8) is 0 Å². The van der Waals surface area contributed by atoms with Crippen LogP contribution in [0, 0.1) is 0 Å². The molecule has 0 aliphatic rings. The lowest BCUT2D eigenvalue weighted by atomic mass is 10.0. The second-order valence-corrected chi connectivity index (χ2v) is 28.1. The summed E-state index contributed by atoms with van der Waals surface area (Å²) in [5, 5.41) is 0. The van der Waals surface area contributed by atoms with Crippen molar-refractivity contribution in [2.24, 2.45) is 0 Å². The Labute approximate surface area is 580 Å². The lowest BCUT2D eigenvalue weighted by Crippen LogP contribution is -2.37. The predicted molar refractivity (Wildman–Crippen MR) is 408 cm³/mol. The van der Waals surface area contributed by atoms with Crippen LogP contribution in [0.15, 0.2) is 146 Å². The quantitative estimate of drug-likeness (QED) is 0.0211. The van der Waals surface area contributed by atoms with Gasteiger partial charge in [0.2, 0.25) is 0 Å². The zero-order chi connectivity index (χ0) is 68.3. The fraction of sp³-hybridized carbons (Fsp3) is 0.690. The molecule has 0 aliphatic carbocycles. The van der Waals surface area contributed by atoms with E-state index in [2.05, 4.69) is 160 Å². The van der Waals surface area contributed by atoms with Crippen molar-refractivity contribution >= 4 is 19.8 Å². The van der Waals surface area contributed by atoms with Crippen molar-refractivity contribution in [1.29, 1.82) is 0 Å². The van der Waals surface area contributed by atoms with Gasteiger partial charge in [0.1, 0.15) is 19.8 Å². The topological polar surface area (TPSA) is 108 Å². The minimum atomic E-state index is -4.40. The molecule has 0 spiro atoms. The molecule has 10 heteroatoms. The molecule has 94 heavy (non-hydrogen) atoms. The zero-order valence-electron chi connectivity index (χ0n) is 61.4. The van der Waals surface area contributed by atoms with Gasteiger partial charge in [-0.2, -0.15) is 0 Å². The summed E-state index contributed by atoms with van der Waals surface area (Å²) in [6, 6.07) is 0. The Morgan fingerprint density at radius 1 is 0.330 bits per heavy atom. The van der Waals surface area contributed by atoms with E-state index in [1.54, 1.807) is 0 Å². The van der Waals surface area contributed by atoms with E-state index in [0.717, 1.165) is 122 Å². The predicted octanol–water partition coefficient (Wildman–Crippen LogP) is 25.7. The minimum absolute atomic E-state index is 0.0268. The monoisotopic (exact) mass is 1330 g/mol. The fourth-order valence-electron chi connectivity index (χ4n) is 10.6. The first-order valence-corrected chi connectivity index (χ1v) is 40.1. The normalized spacial score (nSPS) is 13.9. The molecule has 0 aromatic rings. The van der Waals surface area contributed by atoms with E-state index in [1.165, 1.54) is 167 Å². The van der Waals surface area contributed by atoms with Crippen LogP contribution in [0.4, 0.5) is 0 Å². The molecule has 2 unspecified atom stereocenters. The Morgan fingerprint density at radius 3 is 0.851 bits per heavy atom. The van der Waals surface area contributed by atoms with Crippen LogP contribution in [-0.4, -0.2) is 74.9 Å². The summed E-state index contributed by atoms with van der Waals surface area (Å²) < 4.78 is 34.8. The standard InChI is InChI=1S/C84H144NO8P/c1-6-8-10-12-14-16-18-20-22-24-26-28-30-32-34-36-37-38-39-40-41-42-43-44-45-46-47-49-51-53-55-57-59-61-63-65-67-69-71-73-75-77-84(87)93-82(81-92-94(88,89)91-79-78-85(3,4)5)80-90-83(86)76-74-72-70-68-66-64-62-60-58-56-54-52-50-48-35-33-31-29-27-25-23-21-19-17-15-13-11-9-7-2/h8-11,14-17,20-23,26-29,32-35,37-38,50,52,82H,6-7,12-13,18-19,24-25,30-31,36,39-49,51,53-81H2,1-5H3/p+1/b10-8-,11-9-,16-14-,17-15-,22-20-,23-21-,28-26-,29-27-,34-32-,35-33-,38-37-,52-50-. The molecule has 0 saturated carbocycles. The molecule has 0 aromatic carbocycles. The molecule has 538 valence electrons. The lowest BCUT2D eigenvalue weighted by Gasteiger charge is -2.24. The third-order valence-corrected chi connectivity index (χ3v) is 17.3. The number of carbonyl (C=O) groups is 2. The highest BCUT2D eigenvalue weighted by molar-refractivity contribution is 7.47. The molecule has 9 nitrogen and oxygen atoms in total. The summed E-state index contributed by atoms with van der Waals surface area (Å²) >= 11 is 0. The van der Waals surface area contributed by atoms with Gasteiger partial charge in [-0.3, -0.25) is 18.6 Å². The number of phosphoric acid groups is 1. The third-order valence-electron chi connectivity index (χ3n) is 16.4. The molecule has 0 aromatic heterocycles. The fourth-order valence-corrected chi connectivity index (χ4v) is 11.3. The van der Waals surface area contributed by atoms with Crippen LogP contribution in [0.1, 0.15) is 322 Å². The number of esters is 2. The van der Waals surface area contributed by atoms with E-state index in [-0.39, 0.29) is 32.0 Å². The first-order valence-electron chi connectivity index (χ1n) is 38.6. The Morgan fingerprint density at radius 2 is 0.574 bits per heavy atom. The van der Waals surface area contributed by atoms with Gasteiger partial charge >= 0.3 is 19.8 Å². The van der Waals surface area contributed by atoms with Crippen molar-refractivity contribution in [3.05, 3.63) is 146 Å². The average Bonchev–Trinajstić information content (AvgIpc) is 1.57. The minimum Gasteiger partial charge on any atom is -0.462 e. The van der Waals surface area contributed by atoms with Crippen LogP contribution in [0.3, 0.4) is 0 Å². The van der Waals surface area contributed by atoms with E-state index in [1.807, 2.05) is 21.1 Å². The van der Waals surface area contributed by atoms with Gasteiger partial charge in [-0.05, 0) is 116 Å². The summed E-state index contributed by atoms with van der Waals surface area (Å²) in [5.41, 5.74) is 0. The molecule has 0 bridgehead atoms. The molecular formula is C84H145NO8P+. The van der Waals surface area contributed by atoms with Crippen LogP contribution in [0.25, 0.3) is 0 Å². The molecule has 0 fully saturated rings. The van der Waals surface area contributed by atoms with E-state index < -0.39 is 26.5 Å². The maximum Gasteiger partial charge on any atom is 0.472 e. The largest absolute Gasteiger partial charge is 0.472 e. The average molecular weight is 1330 g/mol. The molecule has 2 atom stereocenters.